The van der Waals surface area contributed by atoms with Gasteiger partial charge in [0.05, 0.1) is 12.0 Å². The predicted octanol–water partition coefficient (Wildman–Crippen LogP) is 2.57. The van der Waals surface area contributed by atoms with Crippen molar-refractivity contribution in [2.24, 2.45) is 5.92 Å². The van der Waals surface area contributed by atoms with Crippen LogP contribution in [0.1, 0.15) is 18.5 Å². The molecule has 2 aromatic rings. The molecule has 4 nitrogen and oxygen atoms in total. The third-order valence-corrected chi connectivity index (χ3v) is 3.92. The summed E-state index contributed by atoms with van der Waals surface area (Å²) in [6.07, 6.45) is 3.62. The molecule has 5 heteroatoms. The summed E-state index contributed by atoms with van der Waals surface area (Å²) in [7, 11) is 0. The number of aromatic nitrogens is 1. The molecule has 0 radical (unpaired) electrons. The number of amides is 1. The second kappa shape index (κ2) is 7.38. The van der Waals surface area contributed by atoms with E-state index in [0.717, 1.165) is 29.8 Å². The Morgan fingerprint density at radius 3 is 2.50 bits per heavy atom. The van der Waals surface area contributed by atoms with Gasteiger partial charge in [-0.1, -0.05) is 30.3 Å². The highest BCUT2D eigenvalue weighted by molar-refractivity contribution is 5.85. The Bertz CT molecular complexity index is 612. The quantitative estimate of drug-likeness (QED) is 0.911. The normalized spacial score (nSPS) is 15.3. The third-order valence-electron chi connectivity index (χ3n) is 3.92. The summed E-state index contributed by atoms with van der Waals surface area (Å²) in [6.45, 7) is 3.60. The maximum absolute atomic E-state index is 11.9. The number of hydrogen-bond acceptors (Lipinski definition) is 3. The van der Waals surface area contributed by atoms with E-state index < -0.39 is 0 Å². The summed E-state index contributed by atoms with van der Waals surface area (Å²) >= 11 is 0. The van der Waals surface area contributed by atoms with Crippen molar-refractivity contribution in [1.82, 2.24) is 15.6 Å². The van der Waals surface area contributed by atoms with E-state index in [1.54, 1.807) is 6.20 Å². The molecule has 0 aliphatic carbocycles. The van der Waals surface area contributed by atoms with Gasteiger partial charge in [0.2, 0.25) is 5.91 Å². The monoisotopic (exact) mass is 317 g/mol. The molecule has 0 saturated carbocycles. The standard InChI is InChI=1S/C17H19N3O.ClH/c1-12(20-17(21)16-10-19-11-16)13-4-6-14(7-5-13)15-3-2-8-18-9-15;/h2-9,12,16,19H,10-11H2,1H3,(H,20,21);1H. The third kappa shape index (κ3) is 3.64. The van der Waals surface area contributed by atoms with Gasteiger partial charge in [-0.2, -0.15) is 0 Å². The van der Waals surface area contributed by atoms with Crippen LogP contribution in [0, 0.1) is 5.92 Å². The molecule has 1 fully saturated rings. The molecule has 1 aromatic carbocycles. The number of carbonyl (C=O) groups excluding carboxylic acids is 1. The minimum absolute atomic E-state index is 0. The fourth-order valence-corrected chi connectivity index (χ4v) is 2.39. The van der Waals surface area contributed by atoms with E-state index >= 15 is 0 Å². The van der Waals surface area contributed by atoms with Crippen molar-refractivity contribution in [1.29, 1.82) is 0 Å². The van der Waals surface area contributed by atoms with Gasteiger partial charge >= 0.3 is 0 Å². The minimum Gasteiger partial charge on any atom is -0.349 e. The number of halogens is 1. The van der Waals surface area contributed by atoms with Crippen molar-refractivity contribution in [2.75, 3.05) is 13.1 Å². The van der Waals surface area contributed by atoms with E-state index in [1.807, 2.05) is 25.3 Å². The Kier molecular flexibility index (Phi) is 5.52. The zero-order valence-electron chi connectivity index (χ0n) is 12.5. The average molecular weight is 318 g/mol. The molecular weight excluding hydrogens is 298 g/mol. The molecule has 116 valence electrons. The summed E-state index contributed by atoms with van der Waals surface area (Å²) in [5.74, 6) is 0.264. The lowest BCUT2D eigenvalue weighted by atomic mass is 10.00. The van der Waals surface area contributed by atoms with Gasteiger partial charge in [-0.25, -0.2) is 0 Å². The highest BCUT2D eigenvalue weighted by Crippen LogP contribution is 2.21. The van der Waals surface area contributed by atoms with Gasteiger partial charge in [0.25, 0.3) is 0 Å². The fraction of sp³-hybridized carbons (Fsp3) is 0.294. The number of benzene rings is 1. The molecule has 2 heterocycles. The molecule has 1 amide bonds. The van der Waals surface area contributed by atoms with E-state index in [9.17, 15) is 4.79 Å². The van der Waals surface area contributed by atoms with E-state index in [0.29, 0.717) is 0 Å². The highest BCUT2D eigenvalue weighted by atomic mass is 35.5. The largest absolute Gasteiger partial charge is 0.349 e. The van der Waals surface area contributed by atoms with Gasteiger partial charge in [-0.15, -0.1) is 12.4 Å². The van der Waals surface area contributed by atoms with Crippen LogP contribution in [-0.2, 0) is 4.79 Å². The lowest BCUT2D eigenvalue weighted by molar-refractivity contribution is -0.127. The predicted molar refractivity (Wildman–Crippen MR) is 89.8 cm³/mol. The van der Waals surface area contributed by atoms with E-state index in [-0.39, 0.29) is 30.3 Å². The van der Waals surface area contributed by atoms with Gasteiger partial charge in [0, 0.05) is 25.5 Å². The molecule has 1 unspecified atom stereocenters. The first-order valence-electron chi connectivity index (χ1n) is 7.25. The lowest BCUT2D eigenvalue weighted by Crippen LogP contribution is -2.51. The smallest absolute Gasteiger partial charge is 0.226 e. The van der Waals surface area contributed by atoms with Crippen LogP contribution in [0.2, 0.25) is 0 Å². The van der Waals surface area contributed by atoms with Gasteiger partial charge < -0.3 is 10.6 Å². The second-order valence-corrected chi connectivity index (χ2v) is 5.45. The molecule has 22 heavy (non-hydrogen) atoms. The zero-order valence-corrected chi connectivity index (χ0v) is 13.3. The Labute approximate surface area is 136 Å². The lowest BCUT2D eigenvalue weighted by Gasteiger charge is -2.27. The second-order valence-electron chi connectivity index (χ2n) is 5.45. The van der Waals surface area contributed by atoms with Crippen molar-refractivity contribution in [3.63, 3.8) is 0 Å². The van der Waals surface area contributed by atoms with E-state index in [2.05, 4.69) is 39.9 Å². The topological polar surface area (TPSA) is 54.0 Å². The van der Waals surface area contributed by atoms with Crippen LogP contribution in [0.15, 0.2) is 48.8 Å². The Balaban J connectivity index is 0.00000176. The average Bonchev–Trinajstić information content (AvgIpc) is 2.46. The van der Waals surface area contributed by atoms with Crippen LogP contribution < -0.4 is 10.6 Å². The molecule has 1 aliphatic rings. The molecule has 1 saturated heterocycles. The van der Waals surface area contributed by atoms with Gasteiger partial charge in [0.15, 0.2) is 0 Å². The first kappa shape index (κ1) is 16.5. The minimum atomic E-state index is 0. The summed E-state index contributed by atoms with van der Waals surface area (Å²) in [5.41, 5.74) is 3.35. The summed E-state index contributed by atoms with van der Waals surface area (Å²) in [5, 5.41) is 6.18. The number of pyridine rings is 1. The number of nitrogens with zero attached hydrogens (tertiary/aromatic N) is 1. The number of hydrogen-bond donors (Lipinski definition) is 2. The SMILES string of the molecule is CC(NC(=O)C1CNC1)c1ccc(-c2cccnc2)cc1.Cl. The zero-order chi connectivity index (χ0) is 14.7. The van der Waals surface area contributed by atoms with Crippen LogP contribution in [0.5, 0.6) is 0 Å². The van der Waals surface area contributed by atoms with Crippen molar-refractivity contribution in [3.8, 4) is 11.1 Å². The van der Waals surface area contributed by atoms with Gasteiger partial charge in [0.1, 0.15) is 0 Å². The Morgan fingerprint density at radius 1 is 1.23 bits per heavy atom. The fourth-order valence-electron chi connectivity index (χ4n) is 2.39. The van der Waals surface area contributed by atoms with Crippen molar-refractivity contribution in [3.05, 3.63) is 54.4 Å². The van der Waals surface area contributed by atoms with Crippen LogP contribution in [0.4, 0.5) is 0 Å². The summed E-state index contributed by atoms with van der Waals surface area (Å²) in [6, 6.07) is 12.3. The number of nitrogens with one attached hydrogen (secondary N) is 2. The Hall–Kier alpha value is -1.91. The summed E-state index contributed by atoms with van der Waals surface area (Å²) < 4.78 is 0. The van der Waals surface area contributed by atoms with Gasteiger partial charge in [-0.3, -0.25) is 9.78 Å². The van der Waals surface area contributed by atoms with Crippen LogP contribution in [0.3, 0.4) is 0 Å². The van der Waals surface area contributed by atoms with E-state index in [1.165, 1.54) is 0 Å². The molecule has 0 bridgehead atoms. The summed E-state index contributed by atoms with van der Waals surface area (Å²) in [4.78, 5) is 16.1. The van der Waals surface area contributed by atoms with Crippen molar-refractivity contribution in [2.45, 2.75) is 13.0 Å². The number of rotatable bonds is 4. The van der Waals surface area contributed by atoms with Crippen LogP contribution in [0.25, 0.3) is 11.1 Å². The molecular formula is C17H20ClN3O. The van der Waals surface area contributed by atoms with Crippen molar-refractivity contribution < 1.29 is 4.79 Å². The molecule has 1 aliphatic heterocycles. The van der Waals surface area contributed by atoms with Crippen LogP contribution >= 0.6 is 12.4 Å². The number of carbonyl (C=O) groups is 1. The maximum Gasteiger partial charge on any atom is 0.226 e. The van der Waals surface area contributed by atoms with Crippen LogP contribution in [-0.4, -0.2) is 24.0 Å². The molecule has 1 aromatic heterocycles. The molecule has 1 atom stereocenters. The molecule has 0 spiro atoms. The van der Waals surface area contributed by atoms with Gasteiger partial charge in [-0.05, 0) is 29.7 Å². The molecule has 2 N–H and O–H groups in total. The van der Waals surface area contributed by atoms with Crippen molar-refractivity contribution >= 4 is 18.3 Å². The first-order chi connectivity index (χ1) is 10.2. The maximum atomic E-state index is 11.9. The molecule has 3 rings (SSSR count). The first-order valence-corrected chi connectivity index (χ1v) is 7.25. The Morgan fingerprint density at radius 2 is 1.95 bits per heavy atom. The highest BCUT2D eigenvalue weighted by Gasteiger charge is 2.25. The van der Waals surface area contributed by atoms with E-state index in [4.69, 9.17) is 0 Å².